The standard InChI is InChI=1S/C16H26N4O.3ClH/c1-13(2)11-15(17)16(21)20-9-7-19(8-10-20)12-14-5-3-4-6-18-14;;;/h3-6,13,15H,7-12,17H2,1-2H3;3*1H/t15-;;;/m0.../s1. The van der Waals surface area contributed by atoms with Crippen LogP contribution < -0.4 is 5.73 Å². The molecule has 1 aliphatic rings. The summed E-state index contributed by atoms with van der Waals surface area (Å²) in [6, 6.07) is 5.62. The molecule has 8 heteroatoms. The number of hydrogen-bond donors (Lipinski definition) is 1. The van der Waals surface area contributed by atoms with E-state index in [-0.39, 0.29) is 49.2 Å². The molecule has 1 atom stereocenters. The number of pyridine rings is 1. The van der Waals surface area contributed by atoms with Crippen LogP contribution in [0.25, 0.3) is 0 Å². The minimum Gasteiger partial charge on any atom is -0.339 e. The van der Waals surface area contributed by atoms with Crippen molar-refractivity contribution in [2.75, 3.05) is 26.2 Å². The van der Waals surface area contributed by atoms with E-state index >= 15 is 0 Å². The molecule has 140 valence electrons. The van der Waals surface area contributed by atoms with Crippen molar-refractivity contribution in [3.05, 3.63) is 30.1 Å². The number of nitrogens with zero attached hydrogens (tertiary/aromatic N) is 3. The minimum atomic E-state index is -0.354. The van der Waals surface area contributed by atoms with Crippen LogP contribution in [0, 0.1) is 5.92 Å². The van der Waals surface area contributed by atoms with Gasteiger partial charge in [0.15, 0.2) is 0 Å². The maximum Gasteiger partial charge on any atom is 0.239 e. The van der Waals surface area contributed by atoms with Crippen molar-refractivity contribution in [1.29, 1.82) is 0 Å². The molecule has 1 amide bonds. The van der Waals surface area contributed by atoms with Gasteiger partial charge in [0.25, 0.3) is 0 Å². The Morgan fingerprint density at radius 3 is 2.29 bits per heavy atom. The number of carbonyl (C=O) groups is 1. The first kappa shape index (κ1) is 25.6. The number of piperazine rings is 1. The molecule has 2 N–H and O–H groups in total. The summed E-state index contributed by atoms with van der Waals surface area (Å²) >= 11 is 0. The van der Waals surface area contributed by atoms with Crippen LogP contribution in [0.1, 0.15) is 26.0 Å². The summed E-state index contributed by atoms with van der Waals surface area (Å²) in [6.07, 6.45) is 2.58. The van der Waals surface area contributed by atoms with Crippen LogP contribution in [0.15, 0.2) is 24.4 Å². The van der Waals surface area contributed by atoms with E-state index in [1.807, 2.05) is 29.3 Å². The highest BCUT2D eigenvalue weighted by Gasteiger charge is 2.25. The molecule has 0 aliphatic carbocycles. The Morgan fingerprint density at radius 2 is 1.79 bits per heavy atom. The van der Waals surface area contributed by atoms with E-state index < -0.39 is 0 Å². The fourth-order valence-corrected chi connectivity index (χ4v) is 2.69. The molecule has 0 spiro atoms. The van der Waals surface area contributed by atoms with E-state index in [1.165, 1.54) is 0 Å². The lowest BCUT2D eigenvalue weighted by Crippen LogP contribution is -2.53. The number of halogens is 3. The first-order chi connectivity index (χ1) is 10.1. The Morgan fingerprint density at radius 1 is 1.17 bits per heavy atom. The van der Waals surface area contributed by atoms with Gasteiger partial charge in [-0.1, -0.05) is 19.9 Å². The summed E-state index contributed by atoms with van der Waals surface area (Å²) in [6.45, 7) is 8.33. The van der Waals surface area contributed by atoms with E-state index in [4.69, 9.17) is 5.73 Å². The molecule has 1 saturated heterocycles. The summed E-state index contributed by atoms with van der Waals surface area (Å²) in [4.78, 5) is 20.9. The van der Waals surface area contributed by atoms with E-state index in [9.17, 15) is 4.79 Å². The molecule has 1 aromatic rings. The number of nitrogens with two attached hydrogens (primary N) is 1. The summed E-state index contributed by atoms with van der Waals surface area (Å²) in [5.41, 5.74) is 7.07. The van der Waals surface area contributed by atoms with Crippen LogP contribution in [-0.4, -0.2) is 52.9 Å². The molecule has 0 bridgehead atoms. The Balaban J connectivity index is 0. The van der Waals surface area contributed by atoms with Gasteiger partial charge in [-0.25, -0.2) is 0 Å². The second-order valence-corrected chi connectivity index (χ2v) is 6.16. The highest BCUT2D eigenvalue weighted by atomic mass is 35.5. The highest BCUT2D eigenvalue weighted by Crippen LogP contribution is 2.10. The summed E-state index contributed by atoms with van der Waals surface area (Å²) in [5.74, 6) is 0.551. The first-order valence-corrected chi connectivity index (χ1v) is 7.73. The van der Waals surface area contributed by atoms with Gasteiger partial charge in [0.2, 0.25) is 5.91 Å². The quantitative estimate of drug-likeness (QED) is 0.825. The van der Waals surface area contributed by atoms with Crippen LogP contribution in [0.2, 0.25) is 0 Å². The van der Waals surface area contributed by atoms with Gasteiger partial charge in [0, 0.05) is 38.9 Å². The third-order valence-electron chi connectivity index (χ3n) is 3.84. The lowest BCUT2D eigenvalue weighted by atomic mass is 10.0. The van der Waals surface area contributed by atoms with Gasteiger partial charge in [-0.2, -0.15) is 0 Å². The van der Waals surface area contributed by atoms with Gasteiger partial charge in [0.1, 0.15) is 0 Å². The van der Waals surface area contributed by atoms with Crippen LogP contribution in [-0.2, 0) is 11.3 Å². The molecule has 1 fully saturated rings. The van der Waals surface area contributed by atoms with Gasteiger partial charge in [0.05, 0.1) is 11.7 Å². The zero-order chi connectivity index (χ0) is 15.2. The number of rotatable bonds is 5. The van der Waals surface area contributed by atoms with Gasteiger partial charge in [-0.15, -0.1) is 37.2 Å². The molecule has 24 heavy (non-hydrogen) atoms. The van der Waals surface area contributed by atoms with Gasteiger partial charge in [-0.05, 0) is 24.5 Å². The average molecular weight is 400 g/mol. The molecule has 5 nitrogen and oxygen atoms in total. The maximum absolute atomic E-state index is 12.3. The summed E-state index contributed by atoms with van der Waals surface area (Å²) in [7, 11) is 0. The minimum absolute atomic E-state index is 0. The van der Waals surface area contributed by atoms with Crippen molar-refractivity contribution in [3.8, 4) is 0 Å². The fraction of sp³-hybridized carbons (Fsp3) is 0.625. The van der Waals surface area contributed by atoms with Crippen molar-refractivity contribution in [2.24, 2.45) is 11.7 Å². The molecule has 1 aliphatic heterocycles. The van der Waals surface area contributed by atoms with E-state index in [1.54, 1.807) is 0 Å². The van der Waals surface area contributed by atoms with Gasteiger partial charge in [-0.3, -0.25) is 14.7 Å². The number of carbonyl (C=O) groups excluding carboxylic acids is 1. The Hall–Kier alpha value is -0.590. The summed E-state index contributed by atoms with van der Waals surface area (Å²) in [5, 5.41) is 0. The largest absolute Gasteiger partial charge is 0.339 e. The van der Waals surface area contributed by atoms with Crippen molar-refractivity contribution < 1.29 is 4.79 Å². The van der Waals surface area contributed by atoms with Crippen molar-refractivity contribution in [1.82, 2.24) is 14.8 Å². The maximum atomic E-state index is 12.3. The zero-order valence-electron chi connectivity index (χ0n) is 14.3. The second kappa shape index (κ2) is 12.7. The van der Waals surface area contributed by atoms with E-state index in [2.05, 4.69) is 23.7 Å². The lowest BCUT2D eigenvalue weighted by Gasteiger charge is -2.35. The third-order valence-corrected chi connectivity index (χ3v) is 3.84. The lowest BCUT2D eigenvalue weighted by molar-refractivity contribution is -0.134. The molecule has 0 saturated carbocycles. The topological polar surface area (TPSA) is 62.5 Å². The Kier molecular flexibility index (Phi) is 13.6. The number of hydrogen-bond acceptors (Lipinski definition) is 4. The molecule has 0 unspecified atom stereocenters. The van der Waals surface area contributed by atoms with Crippen LogP contribution >= 0.6 is 37.2 Å². The predicted octanol–water partition coefficient (Wildman–Crippen LogP) is 2.36. The molecule has 1 aromatic heterocycles. The molecular formula is C16H29Cl3N4O. The molecule has 0 radical (unpaired) electrons. The molecular weight excluding hydrogens is 371 g/mol. The summed E-state index contributed by atoms with van der Waals surface area (Å²) < 4.78 is 0. The number of aromatic nitrogens is 1. The highest BCUT2D eigenvalue weighted by molar-refractivity contribution is 5.86. The molecule has 0 aromatic carbocycles. The SMILES string of the molecule is CC(C)C[C@H](N)C(=O)N1CCN(Cc2ccccn2)CC1.Cl.Cl.Cl. The predicted molar refractivity (Wildman–Crippen MR) is 105 cm³/mol. The Bertz CT molecular complexity index is 454. The first-order valence-electron chi connectivity index (χ1n) is 7.73. The normalized spacial score (nSPS) is 15.8. The number of amides is 1. The van der Waals surface area contributed by atoms with Crippen molar-refractivity contribution in [2.45, 2.75) is 32.9 Å². The second-order valence-electron chi connectivity index (χ2n) is 6.16. The van der Waals surface area contributed by atoms with Crippen molar-refractivity contribution >= 4 is 43.1 Å². The zero-order valence-corrected chi connectivity index (χ0v) is 16.7. The fourth-order valence-electron chi connectivity index (χ4n) is 2.69. The van der Waals surface area contributed by atoms with E-state index in [0.29, 0.717) is 5.92 Å². The Labute approximate surface area is 163 Å². The van der Waals surface area contributed by atoms with Crippen molar-refractivity contribution in [3.63, 3.8) is 0 Å². The van der Waals surface area contributed by atoms with Crippen LogP contribution in [0.5, 0.6) is 0 Å². The monoisotopic (exact) mass is 398 g/mol. The smallest absolute Gasteiger partial charge is 0.239 e. The molecule has 2 rings (SSSR count). The van der Waals surface area contributed by atoms with Crippen LogP contribution in [0.4, 0.5) is 0 Å². The van der Waals surface area contributed by atoms with Crippen LogP contribution in [0.3, 0.4) is 0 Å². The van der Waals surface area contributed by atoms with Gasteiger partial charge >= 0.3 is 0 Å². The third kappa shape index (κ3) is 7.99. The average Bonchev–Trinajstić information content (AvgIpc) is 2.47. The molecule has 2 heterocycles. The van der Waals surface area contributed by atoms with Gasteiger partial charge < -0.3 is 10.6 Å². The van der Waals surface area contributed by atoms with E-state index in [0.717, 1.165) is 44.8 Å².